The van der Waals surface area contributed by atoms with Gasteiger partial charge in [0, 0.05) is 5.69 Å². The molecule has 0 saturated heterocycles. The van der Waals surface area contributed by atoms with Gasteiger partial charge in [-0.1, -0.05) is 0 Å². The van der Waals surface area contributed by atoms with Gasteiger partial charge in [-0.05, 0) is 37.6 Å². The molecule has 90 valence electrons. The van der Waals surface area contributed by atoms with Gasteiger partial charge in [0.25, 0.3) is 0 Å². The van der Waals surface area contributed by atoms with Gasteiger partial charge in [-0.2, -0.15) is 0 Å². The molecule has 6 heteroatoms. The van der Waals surface area contributed by atoms with Crippen molar-refractivity contribution in [1.82, 2.24) is 0 Å². The van der Waals surface area contributed by atoms with Crippen LogP contribution in [0.2, 0.25) is 0 Å². The molecule has 0 bridgehead atoms. The zero-order chi connectivity index (χ0) is 12.3. The third-order valence-corrected chi connectivity index (χ3v) is 3.93. The predicted octanol–water partition coefficient (Wildman–Crippen LogP) is 1.26. The van der Waals surface area contributed by atoms with Gasteiger partial charge in [0.1, 0.15) is 11.1 Å². The molecule has 0 aliphatic carbocycles. The van der Waals surface area contributed by atoms with Crippen molar-refractivity contribution in [2.75, 3.05) is 11.3 Å². The van der Waals surface area contributed by atoms with Crippen LogP contribution < -0.4 is 4.72 Å². The summed E-state index contributed by atoms with van der Waals surface area (Å²) in [6.07, 6.45) is 0. The zero-order valence-corrected chi connectivity index (χ0v) is 9.88. The van der Waals surface area contributed by atoms with Crippen molar-refractivity contribution >= 4 is 15.7 Å². The fourth-order valence-corrected chi connectivity index (χ4v) is 1.92. The van der Waals surface area contributed by atoms with E-state index in [9.17, 15) is 12.8 Å². The van der Waals surface area contributed by atoms with Crippen molar-refractivity contribution in [2.24, 2.45) is 0 Å². The summed E-state index contributed by atoms with van der Waals surface area (Å²) in [5.74, 6) is -0.391. The molecule has 0 aliphatic heterocycles. The number of nitrogens with one attached hydrogen (secondary N) is 1. The Morgan fingerprint density at radius 2 is 2.12 bits per heavy atom. The number of hydrogen-bond donors (Lipinski definition) is 2. The number of benzene rings is 1. The first-order chi connectivity index (χ1) is 7.36. The Morgan fingerprint density at radius 1 is 1.50 bits per heavy atom. The second-order valence-corrected chi connectivity index (χ2v) is 5.70. The van der Waals surface area contributed by atoms with E-state index in [1.54, 1.807) is 6.92 Å². The van der Waals surface area contributed by atoms with E-state index in [-0.39, 0.29) is 0 Å². The van der Waals surface area contributed by atoms with Crippen LogP contribution in [0.15, 0.2) is 18.2 Å². The number of aliphatic hydroxyl groups is 1. The Balaban J connectivity index is 2.93. The Hall–Kier alpha value is -1.14. The summed E-state index contributed by atoms with van der Waals surface area (Å²) in [6, 6.07) is 3.93. The maximum absolute atomic E-state index is 12.9. The van der Waals surface area contributed by atoms with Crippen LogP contribution in [-0.2, 0) is 10.0 Å². The summed E-state index contributed by atoms with van der Waals surface area (Å²) < 4.78 is 38.3. The smallest absolute Gasteiger partial charge is 0.237 e. The Bertz CT molecular complexity index is 473. The van der Waals surface area contributed by atoms with Crippen LogP contribution >= 0.6 is 0 Å². The van der Waals surface area contributed by atoms with Crippen molar-refractivity contribution in [1.29, 1.82) is 0 Å². The number of hydrogen-bond acceptors (Lipinski definition) is 3. The molecule has 0 fully saturated rings. The Kier molecular flexibility index (Phi) is 3.88. The number of anilines is 1. The first-order valence-corrected chi connectivity index (χ1v) is 6.30. The van der Waals surface area contributed by atoms with Crippen LogP contribution in [0.4, 0.5) is 10.1 Å². The maximum Gasteiger partial charge on any atom is 0.237 e. The lowest BCUT2D eigenvalue weighted by Crippen LogP contribution is -2.28. The van der Waals surface area contributed by atoms with E-state index in [1.165, 1.54) is 25.1 Å². The molecule has 0 amide bonds. The molecule has 1 aromatic carbocycles. The standard InChI is InChI=1S/C10H14FNO3S/c1-7-5-9(3-4-10(7)11)12-16(14,15)8(2)6-13/h3-5,8,12-13H,6H2,1-2H3. The minimum absolute atomic E-state index is 0.291. The third kappa shape index (κ3) is 2.93. The highest BCUT2D eigenvalue weighted by Gasteiger charge is 2.19. The highest BCUT2D eigenvalue weighted by molar-refractivity contribution is 7.93. The lowest BCUT2D eigenvalue weighted by molar-refractivity contribution is 0.296. The number of sulfonamides is 1. The molecule has 1 rings (SSSR count). The molecule has 1 unspecified atom stereocenters. The lowest BCUT2D eigenvalue weighted by Gasteiger charge is -2.12. The van der Waals surface area contributed by atoms with Gasteiger partial charge in [-0.25, -0.2) is 12.8 Å². The minimum Gasteiger partial charge on any atom is -0.395 e. The molecule has 2 N–H and O–H groups in total. The Morgan fingerprint density at radius 3 is 2.62 bits per heavy atom. The normalized spacial score (nSPS) is 13.5. The molecule has 4 nitrogen and oxygen atoms in total. The van der Waals surface area contributed by atoms with Crippen LogP contribution in [-0.4, -0.2) is 25.4 Å². The fraction of sp³-hybridized carbons (Fsp3) is 0.400. The highest BCUT2D eigenvalue weighted by atomic mass is 32.2. The number of aryl methyl sites for hydroxylation is 1. The largest absolute Gasteiger partial charge is 0.395 e. The summed E-state index contributed by atoms with van der Waals surface area (Å²) in [5, 5.41) is 7.86. The average molecular weight is 247 g/mol. The second kappa shape index (κ2) is 4.80. The molecule has 0 saturated carbocycles. The van der Waals surface area contributed by atoms with E-state index >= 15 is 0 Å². The number of halogens is 1. The van der Waals surface area contributed by atoms with Crippen LogP contribution in [0.1, 0.15) is 12.5 Å². The molecule has 0 radical (unpaired) electrons. The predicted molar refractivity (Wildman–Crippen MR) is 60.2 cm³/mol. The zero-order valence-electron chi connectivity index (χ0n) is 9.07. The van der Waals surface area contributed by atoms with E-state index in [0.717, 1.165) is 0 Å². The maximum atomic E-state index is 12.9. The Labute approximate surface area is 94.2 Å². The summed E-state index contributed by atoms with van der Waals surface area (Å²) >= 11 is 0. The van der Waals surface area contributed by atoms with Crippen molar-refractivity contribution in [2.45, 2.75) is 19.1 Å². The van der Waals surface area contributed by atoms with Crippen LogP contribution in [0.3, 0.4) is 0 Å². The number of aliphatic hydroxyl groups excluding tert-OH is 1. The molecule has 0 heterocycles. The van der Waals surface area contributed by atoms with Crippen molar-refractivity contribution in [3.8, 4) is 0 Å². The van der Waals surface area contributed by atoms with E-state index in [2.05, 4.69) is 4.72 Å². The molecule has 1 aromatic rings. The van der Waals surface area contributed by atoms with Gasteiger partial charge >= 0.3 is 0 Å². The summed E-state index contributed by atoms with van der Waals surface area (Å²) in [4.78, 5) is 0. The monoisotopic (exact) mass is 247 g/mol. The van der Waals surface area contributed by atoms with Crippen molar-refractivity contribution in [3.63, 3.8) is 0 Å². The van der Waals surface area contributed by atoms with Crippen molar-refractivity contribution < 1.29 is 17.9 Å². The van der Waals surface area contributed by atoms with E-state index in [0.29, 0.717) is 11.3 Å². The van der Waals surface area contributed by atoms with Gasteiger partial charge in [-0.15, -0.1) is 0 Å². The molecule has 0 aromatic heterocycles. The van der Waals surface area contributed by atoms with Crippen molar-refractivity contribution in [3.05, 3.63) is 29.6 Å². The first-order valence-electron chi connectivity index (χ1n) is 4.75. The third-order valence-electron chi connectivity index (χ3n) is 2.20. The minimum atomic E-state index is -3.62. The van der Waals surface area contributed by atoms with Crippen LogP contribution in [0.25, 0.3) is 0 Å². The second-order valence-electron chi connectivity index (χ2n) is 3.60. The quantitative estimate of drug-likeness (QED) is 0.841. The molecule has 0 aliphatic rings. The van der Waals surface area contributed by atoms with E-state index < -0.39 is 27.7 Å². The van der Waals surface area contributed by atoms with Crippen LogP contribution in [0, 0.1) is 12.7 Å². The number of rotatable bonds is 4. The highest BCUT2D eigenvalue weighted by Crippen LogP contribution is 2.16. The fourth-order valence-electron chi connectivity index (χ4n) is 1.07. The first kappa shape index (κ1) is 12.9. The van der Waals surface area contributed by atoms with Gasteiger partial charge in [0.05, 0.1) is 6.61 Å². The van der Waals surface area contributed by atoms with Crippen LogP contribution in [0.5, 0.6) is 0 Å². The molecule has 16 heavy (non-hydrogen) atoms. The SMILES string of the molecule is Cc1cc(NS(=O)(=O)C(C)CO)ccc1F. The van der Waals surface area contributed by atoms with Gasteiger partial charge in [-0.3, -0.25) is 4.72 Å². The average Bonchev–Trinajstić information content (AvgIpc) is 2.22. The topological polar surface area (TPSA) is 66.4 Å². The summed E-state index contributed by atoms with van der Waals surface area (Å²) in [6.45, 7) is 2.47. The van der Waals surface area contributed by atoms with E-state index in [1.807, 2.05) is 0 Å². The van der Waals surface area contributed by atoms with E-state index in [4.69, 9.17) is 5.11 Å². The molecular weight excluding hydrogens is 233 g/mol. The molecule has 1 atom stereocenters. The van der Waals surface area contributed by atoms with Gasteiger partial charge in [0.15, 0.2) is 0 Å². The molecular formula is C10H14FNO3S. The lowest BCUT2D eigenvalue weighted by atomic mass is 10.2. The summed E-state index contributed by atoms with van der Waals surface area (Å²) in [5.41, 5.74) is 0.649. The molecule has 0 spiro atoms. The van der Waals surface area contributed by atoms with Gasteiger partial charge < -0.3 is 5.11 Å². The summed E-state index contributed by atoms with van der Waals surface area (Å²) in [7, 11) is -3.62. The van der Waals surface area contributed by atoms with Gasteiger partial charge in [0.2, 0.25) is 10.0 Å².